The second-order valence-electron chi connectivity index (χ2n) is 7.99. The summed E-state index contributed by atoms with van der Waals surface area (Å²) in [5, 5.41) is 8.85. The number of aromatic nitrogens is 2. The second-order valence-corrected chi connectivity index (χ2v) is 8.74. The summed E-state index contributed by atoms with van der Waals surface area (Å²) in [7, 11) is 0. The van der Waals surface area contributed by atoms with Crippen molar-refractivity contribution in [1.29, 1.82) is 0 Å². The first-order valence-electron chi connectivity index (χ1n) is 10.4. The molecule has 5 rings (SSSR count). The van der Waals surface area contributed by atoms with E-state index in [1.54, 1.807) is 17.7 Å². The molecule has 1 aliphatic heterocycles. The predicted molar refractivity (Wildman–Crippen MR) is 119 cm³/mol. The van der Waals surface area contributed by atoms with Gasteiger partial charge in [0.25, 0.3) is 0 Å². The maximum absolute atomic E-state index is 6.13. The van der Waals surface area contributed by atoms with E-state index in [-0.39, 0.29) is 0 Å². The molecular formula is C22H27N5OS. The van der Waals surface area contributed by atoms with Gasteiger partial charge in [0.1, 0.15) is 12.1 Å². The minimum absolute atomic E-state index is 0.459. The van der Waals surface area contributed by atoms with E-state index in [2.05, 4.69) is 43.8 Å². The molecule has 0 atom stereocenters. The summed E-state index contributed by atoms with van der Waals surface area (Å²) in [4.78, 5) is 11.6. The lowest BCUT2D eigenvalue weighted by molar-refractivity contribution is 0.00791. The van der Waals surface area contributed by atoms with Crippen LogP contribution in [0.5, 0.6) is 0 Å². The highest BCUT2D eigenvalue weighted by atomic mass is 32.1. The molecule has 0 radical (unpaired) electrons. The summed E-state index contributed by atoms with van der Waals surface area (Å²) >= 11 is 1.63. The number of nitrogens with two attached hydrogens (primary N) is 1. The van der Waals surface area contributed by atoms with Crippen LogP contribution in [0, 0.1) is 0 Å². The van der Waals surface area contributed by atoms with Crippen LogP contribution in [0.25, 0.3) is 22.0 Å². The molecular weight excluding hydrogens is 382 g/mol. The van der Waals surface area contributed by atoms with Crippen LogP contribution in [0.3, 0.4) is 0 Å². The SMILES string of the molecule is Nc1cscc1-c1ccc2ncnc(NC3CCC(N4CCOCC4)CC3)c2c1. The maximum atomic E-state index is 6.13. The van der Waals surface area contributed by atoms with Gasteiger partial charge in [-0.15, -0.1) is 11.3 Å². The number of nitrogens with zero attached hydrogens (tertiary/aromatic N) is 3. The van der Waals surface area contributed by atoms with Gasteiger partial charge in [-0.05, 0) is 43.4 Å². The molecule has 3 aromatic rings. The third kappa shape index (κ3) is 3.95. The Hall–Kier alpha value is -2.22. The van der Waals surface area contributed by atoms with E-state index >= 15 is 0 Å². The molecule has 2 aromatic heterocycles. The minimum Gasteiger partial charge on any atom is -0.398 e. The third-order valence-corrected chi connectivity index (χ3v) is 7.00. The van der Waals surface area contributed by atoms with Gasteiger partial charge >= 0.3 is 0 Å². The molecule has 152 valence electrons. The summed E-state index contributed by atoms with van der Waals surface area (Å²) in [5.74, 6) is 0.931. The number of fused-ring (bicyclic) bond motifs is 1. The van der Waals surface area contributed by atoms with Crippen molar-refractivity contribution in [1.82, 2.24) is 14.9 Å². The first-order chi connectivity index (χ1) is 14.3. The number of benzene rings is 1. The second kappa shape index (κ2) is 8.26. The Morgan fingerprint density at radius 2 is 1.90 bits per heavy atom. The van der Waals surface area contributed by atoms with Crippen LogP contribution in [0.15, 0.2) is 35.3 Å². The lowest BCUT2D eigenvalue weighted by Crippen LogP contribution is -2.46. The zero-order chi connectivity index (χ0) is 19.6. The Labute approximate surface area is 175 Å². The van der Waals surface area contributed by atoms with E-state index in [1.807, 2.05) is 5.38 Å². The van der Waals surface area contributed by atoms with Gasteiger partial charge in [-0.25, -0.2) is 9.97 Å². The molecule has 29 heavy (non-hydrogen) atoms. The van der Waals surface area contributed by atoms with Crippen molar-refractivity contribution >= 4 is 33.7 Å². The number of rotatable bonds is 4. The van der Waals surface area contributed by atoms with Gasteiger partial charge < -0.3 is 15.8 Å². The van der Waals surface area contributed by atoms with Crippen molar-refractivity contribution < 1.29 is 4.74 Å². The Morgan fingerprint density at radius 3 is 2.66 bits per heavy atom. The van der Waals surface area contributed by atoms with Gasteiger partial charge in [-0.3, -0.25) is 4.90 Å². The summed E-state index contributed by atoms with van der Waals surface area (Å²) in [6.45, 7) is 3.91. The van der Waals surface area contributed by atoms with Crippen LogP contribution in [-0.2, 0) is 4.74 Å². The number of nitrogens with one attached hydrogen (secondary N) is 1. The van der Waals surface area contributed by atoms with Crippen LogP contribution in [0.4, 0.5) is 11.5 Å². The number of nitrogen functional groups attached to an aromatic ring is 1. The van der Waals surface area contributed by atoms with Crippen LogP contribution < -0.4 is 11.1 Å². The molecule has 0 bridgehead atoms. The van der Waals surface area contributed by atoms with Gasteiger partial charge in [-0.2, -0.15) is 0 Å². The summed E-state index contributed by atoms with van der Waals surface area (Å²) in [6, 6.07) is 7.47. The molecule has 3 heterocycles. The lowest BCUT2D eigenvalue weighted by Gasteiger charge is -2.39. The molecule has 1 aliphatic carbocycles. The number of hydrogen-bond donors (Lipinski definition) is 2. The Kier molecular flexibility index (Phi) is 5.35. The third-order valence-electron chi connectivity index (χ3n) is 6.24. The number of anilines is 2. The van der Waals surface area contributed by atoms with Crippen molar-refractivity contribution in [3.63, 3.8) is 0 Å². The molecule has 0 amide bonds. The van der Waals surface area contributed by atoms with E-state index in [0.717, 1.165) is 59.8 Å². The Morgan fingerprint density at radius 1 is 1.07 bits per heavy atom. The highest BCUT2D eigenvalue weighted by molar-refractivity contribution is 7.08. The number of morpholine rings is 1. The van der Waals surface area contributed by atoms with Crippen molar-refractivity contribution in [2.24, 2.45) is 0 Å². The Bertz CT molecular complexity index is 976. The predicted octanol–water partition coefficient (Wildman–Crippen LogP) is 4.00. The zero-order valence-corrected chi connectivity index (χ0v) is 17.3. The summed E-state index contributed by atoms with van der Waals surface area (Å²) < 4.78 is 5.50. The van der Waals surface area contributed by atoms with Gasteiger partial charge in [0, 0.05) is 46.9 Å². The van der Waals surface area contributed by atoms with Crippen LogP contribution in [0.1, 0.15) is 25.7 Å². The fourth-order valence-electron chi connectivity index (χ4n) is 4.60. The molecule has 7 heteroatoms. The molecule has 0 unspecified atom stereocenters. The summed E-state index contributed by atoms with van der Waals surface area (Å²) in [6.07, 6.45) is 6.47. The van der Waals surface area contributed by atoms with E-state index in [9.17, 15) is 0 Å². The largest absolute Gasteiger partial charge is 0.398 e. The summed E-state index contributed by atoms with van der Waals surface area (Å²) in [5.41, 5.74) is 10.1. The first kappa shape index (κ1) is 18.8. The fraction of sp³-hybridized carbons (Fsp3) is 0.455. The maximum Gasteiger partial charge on any atom is 0.137 e. The standard InChI is InChI=1S/C22H27N5OS/c23-20-13-29-12-19(20)15-1-6-21-18(11-15)22(25-14-24-21)26-16-2-4-17(5-3-16)27-7-9-28-10-8-27/h1,6,11-14,16-17H,2-5,7-10,23H2,(H,24,25,26). The molecule has 1 saturated heterocycles. The van der Waals surface area contributed by atoms with Crippen LogP contribution >= 0.6 is 11.3 Å². The van der Waals surface area contributed by atoms with Gasteiger partial charge in [0.15, 0.2) is 0 Å². The van der Waals surface area contributed by atoms with E-state index in [1.165, 1.54) is 25.7 Å². The molecule has 1 aromatic carbocycles. The molecule has 2 fully saturated rings. The zero-order valence-electron chi connectivity index (χ0n) is 16.5. The topological polar surface area (TPSA) is 76.3 Å². The molecule has 3 N–H and O–H groups in total. The number of hydrogen-bond acceptors (Lipinski definition) is 7. The normalized spacial score (nSPS) is 23.3. The lowest BCUT2D eigenvalue weighted by atomic mass is 9.90. The van der Waals surface area contributed by atoms with E-state index in [4.69, 9.17) is 10.5 Å². The fourth-order valence-corrected chi connectivity index (χ4v) is 5.35. The highest BCUT2D eigenvalue weighted by Gasteiger charge is 2.27. The average Bonchev–Trinajstić information content (AvgIpc) is 3.21. The Balaban J connectivity index is 1.32. The molecule has 6 nitrogen and oxygen atoms in total. The highest BCUT2D eigenvalue weighted by Crippen LogP contribution is 2.33. The minimum atomic E-state index is 0.459. The van der Waals surface area contributed by atoms with Crippen molar-refractivity contribution in [3.05, 3.63) is 35.3 Å². The van der Waals surface area contributed by atoms with Crippen LogP contribution in [0.2, 0.25) is 0 Å². The first-order valence-corrected chi connectivity index (χ1v) is 11.4. The average molecular weight is 410 g/mol. The van der Waals surface area contributed by atoms with Gasteiger partial charge in [0.05, 0.1) is 24.4 Å². The molecule has 1 saturated carbocycles. The monoisotopic (exact) mass is 409 g/mol. The smallest absolute Gasteiger partial charge is 0.137 e. The van der Waals surface area contributed by atoms with Crippen molar-refractivity contribution in [3.8, 4) is 11.1 Å². The van der Waals surface area contributed by atoms with Crippen LogP contribution in [-0.4, -0.2) is 53.3 Å². The van der Waals surface area contributed by atoms with E-state index < -0.39 is 0 Å². The van der Waals surface area contributed by atoms with E-state index in [0.29, 0.717) is 12.1 Å². The molecule has 2 aliphatic rings. The number of ether oxygens (including phenoxy) is 1. The van der Waals surface area contributed by atoms with Crippen molar-refractivity contribution in [2.75, 3.05) is 37.4 Å². The molecule has 0 spiro atoms. The van der Waals surface area contributed by atoms with Crippen molar-refractivity contribution in [2.45, 2.75) is 37.8 Å². The quantitative estimate of drug-likeness (QED) is 0.678. The van der Waals surface area contributed by atoms with Gasteiger partial charge in [0.2, 0.25) is 0 Å². The number of thiophene rings is 1. The van der Waals surface area contributed by atoms with Gasteiger partial charge in [-0.1, -0.05) is 6.07 Å².